The van der Waals surface area contributed by atoms with Gasteiger partial charge >= 0.3 is 0 Å². The van der Waals surface area contributed by atoms with Crippen molar-refractivity contribution in [2.75, 3.05) is 13.7 Å². The van der Waals surface area contributed by atoms with Crippen LogP contribution in [0.15, 0.2) is 4.52 Å². The number of hydrogen-bond acceptors (Lipinski definition) is 5. The van der Waals surface area contributed by atoms with Gasteiger partial charge in [-0.3, -0.25) is 0 Å². The minimum Gasteiger partial charge on any atom is -0.369 e. The maximum absolute atomic E-state index is 5.22. The number of nitrogens with one attached hydrogen (secondary N) is 1. The van der Waals surface area contributed by atoms with Gasteiger partial charge in [0.2, 0.25) is 0 Å². The van der Waals surface area contributed by atoms with Crippen molar-refractivity contribution >= 4 is 0 Å². The minimum absolute atomic E-state index is 0.507. The molecular weight excluding hydrogens is 182 g/mol. The van der Waals surface area contributed by atoms with Crippen LogP contribution in [0.1, 0.15) is 32.5 Å². The summed E-state index contributed by atoms with van der Waals surface area (Å²) < 4.78 is 10.3. The van der Waals surface area contributed by atoms with Crippen LogP contribution in [-0.2, 0) is 16.9 Å². The molecule has 14 heavy (non-hydrogen) atoms. The summed E-state index contributed by atoms with van der Waals surface area (Å²) in [5.74, 6) is 1.17. The Bertz CT molecular complexity index is 283. The Morgan fingerprint density at radius 1 is 1.50 bits per heavy atom. The van der Waals surface area contributed by atoms with Crippen LogP contribution < -0.4 is 5.32 Å². The molecule has 0 aromatic carbocycles. The van der Waals surface area contributed by atoms with Gasteiger partial charge in [-0.05, 0) is 20.4 Å². The summed E-state index contributed by atoms with van der Waals surface area (Å²) >= 11 is 0. The molecule has 1 heterocycles. The van der Waals surface area contributed by atoms with E-state index < -0.39 is 5.60 Å². The first kappa shape index (κ1) is 11.1. The van der Waals surface area contributed by atoms with Crippen LogP contribution in [0.2, 0.25) is 0 Å². The van der Waals surface area contributed by atoms with Gasteiger partial charge in [-0.1, -0.05) is 12.1 Å². The van der Waals surface area contributed by atoms with Gasteiger partial charge in [-0.15, -0.1) is 0 Å². The average Bonchev–Trinajstić information content (AvgIpc) is 2.63. The molecule has 5 nitrogen and oxygen atoms in total. The summed E-state index contributed by atoms with van der Waals surface area (Å²) in [7, 11) is 1.62. The number of aromatic nitrogens is 2. The summed E-state index contributed by atoms with van der Waals surface area (Å²) in [6, 6.07) is 0. The molecule has 1 aromatic heterocycles. The lowest BCUT2D eigenvalue weighted by Crippen LogP contribution is -2.20. The molecule has 0 saturated heterocycles. The van der Waals surface area contributed by atoms with E-state index in [9.17, 15) is 0 Å². The second kappa shape index (κ2) is 4.52. The van der Waals surface area contributed by atoms with Crippen molar-refractivity contribution in [2.45, 2.75) is 32.9 Å². The molecule has 1 aromatic rings. The number of hydrogen-bond donors (Lipinski definition) is 1. The van der Waals surface area contributed by atoms with E-state index >= 15 is 0 Å². The predicted octanol–water partition coefficient (Wildman–Crippen LogP) is 1.06. The molecule has 0 saturated carbocycles. The molecule has 0 amide bonds. The molecule has 0 aliphatic heterocycles. The lowest BCUT2D eigenvalue weighted by Gasteiger charge is -2.16. The molecule has 1 rings (SSSR count). The van der Waals surface area contributed by atoms with Gasteiger partial charge in [0.1, 0.15) is 5.60 Å². The quantitative estimate of drug-likeness (QED) is 0.768. The zero-order chi connectivity index (χ0) is 10.6. The zero-order valence-corrected chi connectivity index (χ0v) is 9.13. The van der Waals surface area contributed by atoms with E-state index in [1.807, 2.05) is 20.8 Å². The van der Waals surface area contributed by atoms with Crippen LogP contribution in [0.5, 0.6) is 0 Å². The van der Waals surface area contributed by atoms with Crippen LogP contribution in [0.3, 0.4) is 0 Å². The maximum Gasteiger partial charge on any atom is 0.258 e. The highest BCUT2D eigenvalue weighted by atomic mass is 16.5. The molecule has 0 radical (unpaired) electrons. The van der Waals surface area contributed by atoms with Crippen LogP contribution in [0, 0.1) is 0 Å². The lowest BCUT2D eigenvalue weighted by atomic mass is 10.1. The SMILES string of the molecule is CCNCc1noc(C(C)(C)OC)n1. The van der Waals surface area contributed by atoms with E-state index in [2.05, 4.69) is 15.5 Å². The van der Waals surface area contributed by atoms with E-state index in [4.69, 9.17) is 9.26 Å². The number of methoxy groups -OCH3 is 1. The molecule has 5 heteroatoms. The van der Waals surface area contributed by atoms with Crippen molar-refractivity contribution in [3.63, 3.8) is 0 Å². The normalized spacial score (nSPS) is 12.0. The van der Waals surface area contributed by atoms with E-state index in [1.54, 1.807) is 7.11 Å². The molecule has 0 atom stereocenters. The lowest BCUT2D eigenvalue weighted by molar-refractivity contribution is -0.00786. The second-order valence-electron chi connectivity index (χ2n) is 3.51. The van der Waals surface area contributed by atoms with E-state index in [0.29, 0.717) is 18.3 Å². The molecule has 0 aliphatic rings. The summed E-state index contributed by atoms with van der Waals surface area (Å²) in [5, 5.41) is 6.96. The smallest absolute Gasteiger partial charge is 0.258 e. The fourth-order valence-corrected chi connectivity index (χ4v) is 0.894. The molecule has 0 bridgehead atoms. The number of ether oxygens (including phenoxy) is 1. The van der Waals surface area contributed by atoms with Gasteiger partial charge < -0.3 is 14.6 Å². The Hall–Kier alpha value is -0.940. The van der Waals surface area contributed by atoms with Gasteiger partial charge in [0.15, 0.2) is 5.82 Å². The Morgan fingerprint density at radius 3 is 2.79 bits per heavy atom. The fraction of sp³-hybridized carbons (Fsp3) is 0.778. The monoisotopic (exact) mass is 199 g/mol. The summed E-state index contributed by atoms with van der Waals surface area (Å²) in [4.78, 5) is 4.22. The molecule has 0 unspecified atom stereocenters. The van der Waals surface area contributed by atoms with Crippen molar-refractivity contribution < 1.29 is 9.26 Å². The fourth-order valence-electron chi connectivity index (χ4n) is 0.894. The third kappa shape index (κ3) is 2.52. The average molecular weight is 199 g/mol. The Labute approximate surface area is 83.8 Å². The van der Waals surface area contributed by atoms with Gasteiger partial charge in [0, 0.05) is 7.11 Å². The van der Waals surface area contributed by atoms with Crippen molar-refractivity contribution in [3.05, 3.63) is 11.7 Å². The highest BCUT2D eigenvalue weighted by Gasteiger charge is 2.26. The zero-order valence-electron chi connectivity index (χ0n) is 9.13. The molecule has 1 N–H and O–H groups in total. The molecule has 0 aliphatic carbocycles. The highest BCUT2D eigenvalue weighted by Crippen LogP contribution is 2.21. The van der Waals surface area contributed by atoms with Crippen LogP contribution in [0.25, 0.3) is 0 Å². The minimum atomic E-state index is -0.516. The summed E-state index contributed by atoms with van der Waals surface area (Å²) in [5.41, 5.74) is -0.516. The number of nitrogens with zero attached hydrogens (tertiary/aromatic N) is 2. The van der Waals surface area contributed by atoms with E-state index in [1.165, 1.54) is 0 Å². The van der Waals surface area contributed by atoms with Crippen molar-refractivity contribution in [2.24, 2.45) is 0 Å². The largest absolute Gasteiger partial charge is 0.369 e. The first-order chi connectivity index (χ1) is 6.60. The highest BCUT2D eigenvalue weighted by molar-refractivity contribution is 4.95. The van der Waals surface area contributed by atoms with Crippen molar-refractivity contribution in [1.29, 1.82) is 0 Å². The molecule has 0 fully saturated rings. The standard InChI is InChI=1S/C9H17N3O2/c1-5-10-6-7-11-8(14-12-7)9(2,3)13-4/h10H,5-6H2,1-4H3. The third-order valence-corrected chi connectivity index (χ3v) is 2.03. The molecule has 0 spiro atoms. The van der Waals surface area contributed by atoms with Gasteiger partial charge in [0.05, 0.1) is 6.54 Å². The van der Waals surface area contributed by atoms with Crippen LogP contribution >= 0.6 is 0 Å². The topological polar surface area (TPSA) is 60.2 Å². The van der Waals surface area contributed by atoms with Gasteiger partial charge in [-0.25, -0.2) is 0 Å². The third-order valence-electron chi connectivity index (χ3n) is 2.03. The first-order valence-corrected chi connectivity index (χ1v) is 4.69. The molecule has 80 valence electrons. The first-order valence-electron chi connectivity index (χ1n) is 4.69. The van der Waals surface area contributed by atoms with Crippen LogP contribution in [-0.4, -0.2) is 23.8 Å². The second-order valence-corrected chi connectivity index (χ2v) is 3.51. The van der Waals surface area contributed by atoms with Crippen molar-refractivity contribution in [1.82, 2.24) is 15.5 Å². The Kier molecular flexibility index (Phi) is 3.60. The molecular formula is C9H17N3O2. The Morgan fingerprint density at radius 2 is 2.21 bits per heavy atom. The Balaban J connectivity index is 2.67. The van der Waals surface area contributed by atoms with Gasteiger partial charge in [0.25, 0.3) is 5.89 Å². The number of rotatable bonds is 5. The van der Waals surface area contributed by atoms with E-state index in [0.717, 1.165) is 6.54 Å². The van der Waals surface area contributed by atoms with Gasteiger partial charge in [-0.2, -0.15) is 4.98 Å². The maximum atomic E-state index is 5.22. The van der Waals surface area contributed by atoms with Crippen LogP contribution in [0.4, 0.5) is 0 Å². The van der Waals surface area contributed by atoms with E-state index in [-0.39, 0.29) is 0 Å². The predicted molar refractivity (Wildman–Crippen MR) is 51.7 cm³/mol. The van der Waals surface area contributed by atoms with Crippen molar-refractivity contribution in [3.8, 4) is 0 Å². The summed E-state index contributed by atoms with van der Waals surface area (Å²) in [6.07, 6.45) is 0. The summed E-state index contributed by atoms with van der Waals surface area (Å²) in [6.45, 7) is 7.31.